The molecule has 2 aromatic rings. The Labute approximate surface area is 133 Å². The molecule has 6 heteroatoms. The van der Waals surface area contributed by atoms with E-state index < -0.39 is 0 Å². The Bertz CT molecular complexity index is 608. The van der Waals surface area contributed by atoms with Crippen LogP contribution in [0.25, 0.3) is 0 Å². The molecule has 1 atom stereocenters. The van der Waals surface area contributed by atoms with Gasteiger partial charge in [-0.15, -0.1) is 0 Å². The van der Waals surface area contributed by atoms with Crippen molar-refractivity contribution in [1.29, 1.82) is 0 Å². The summed E-state index contributed by atoms with van der Waals surface area (Å²) in [7, 11) is 0. The van der Waals surface area contributed by atoms with Crippen LogP contribution < -0.4 is 0 Å². The van der Waals surface area contributed by atoms with E-state index in [9.17, 15) is 0 Å². The van der Waals surface area contributed by atoms with Crippen LogP contribution in [-0.4, -0.2) is 37.6 Å². The fourth-order valence-corrected chi connectivity index (χ4v) is 3.77. The van der Waals surface area contributed by atoms with Crippen LogP contribution in [0.15, 0.2) is 22.9 Å². The van der Waals surface area contributed by atoms with E-state index in [0.717, 1.165) is 30.7 Å². The van der Waals surface area contributed by atoms with Crippen molar-refractivity contribution in [2.24, 2.45) is 0 Å². The first kappa shape index (κ1) is 13.5. The van der Waals surface area contributed by atoms with Gasteiger partial charge in [0.15, 0.2) is 0 Å². The van der Waals surface area contributed by atoms with Crippen LogP contribution in [0.5, 0.6) is 0 Å². The van der Waals surface area contributed by atoms with Gasteiger partial charge in [-0.05, 0) is 47.7 Å². The maximum absolute atomic E-state index is 4.76. The topological polar surface area (TPSA) is 38.9 Å². The molecule has 2 aliphatic rings. The van der Waals surface area contributed by atoms with Crippen LogP contribution >= 0.6 is 15.9 Å². The summed E-state index contributed by atoms with van der Waals surface area (Å²) in [6.07, 6.45) is 8.88. The Morgan fingerprint density at radius 1 is 1.29 bits per heavy atom. The molecule has 0 aromatic carbocycles. The molecule has 0 aliphatic carbocycles. The number of aromatic nitrogens is 4. The highest BCUT2D eigenvalue weighted by atomic mass is 79.9. The molecule has 0 N–H and O–H groups in total. The van der Waals surface area contributed by atoms with E-state index in [1.54, 1.807) is 0 Å². The fourth-order valence-electron chi connectivity index (χ4n) is 3.47. The van der Waals surface area contributed by atoms with Crippen LogP contribution in [0.2, 0.25) is 0 Å². The van der Waals surface area contributed by atoms with Crippen LogP contribution in [0.4, 0.5) is 0 Å². The predicted molar refractivity (Wildman–Crippen MR) is 84.0 cm³/mol. The average Bonchev–Trinajstić information content (AvgIpc) is 3.17. The standard InChI is InChI=1S/C15H20BrN5/c16-12-8-17-21(9-12)15-4-6-19(11-15)10-13-7-14-3-1-2-5-20(14)18-13/h7-9,15H,1-6,10-11H2. The van der Waals surface area contributed by atoms with Gasteiger partial charge in [-0.2, -0.15) is 10.2 Å². The molecule has 21 heavy (non-hydrogen) atoms. The molecule has 4 rings (SSSR count). The van der Waals surface area contributed by atoms with E-state index in [4.69, 9.17) is 5.10 Å². The smallest absolute Gasteiger partial charge is 0.0767 e. The third-order valence-electron chi connectivity index (χ3n) is 4.54. The van der Waals surface area contributed by atoms with Crippen LogP contribution in [0.3, 0.4) is 0 Å². The zero-order chi connectivity index (χ0) is 14.2. The van der Waals surface area contributed by atoms with Gasteiger partial charge in [0.05, 0.1) is 22.4 Å². The number of rotatable bonds is 3. The number of aryl methyl sites for hydroxylation is 2. The van der Waals surface area contributed by atoms with Gasteiger partial charge in [-0.3, -0.25) is 14.3 Å². The zero-order valence-electron chi connectivity index (χ0n) is 12.1. The minimum Gasteiger partial charge on any atom is -0.295 e. The normalized spacial score (nSPS) is 22.6. The second kappa shape index (κ2) is 5.57. The Balaban J connectivity index is 1.41. The molecular formula is C15H20BrN5. The lowest BCUT2D eigenvalue weighted by molar-refractivity contribution is 0.306. The minimum atomic E-state index is 0.494. The summed E-state index contributed by atoms with van der Waals surface area (Å²) in [5.74, 6) is 0. The number of fused-ring (bicyclic) bond motifs is 1. The van der Waals surface area contributed by atoms with Crippen molar-refractivity contribution in [3.8, 4) is 0 Å². The molecule has 1 fully saturated rings. The number of hydrogen-bond donors (Lipinski definition) is 0. The summed E-state index contributed by atoms with van der Waals surface area (Å²) < 4.78 is 5.35. The largest absolute Gasteiger partial charge is 0.295 e. The molecule has 0 radical (unpaired) electrons. The van der Waals surface area contributed by atoms with Gasteiger partial charge in [-0.1, -0.05) is 0 Å². The zero-order valence-corrected chi connectivity index (χ0v) is 13.7. The summed E-state index contributed by atoms with van der Waals surface area (Å²) in [4.78, 5) is 2.49. The Hall–Kier alpha value is -1.14. The van der Waals surface area contributed by atoms with Crippen molar-refractivity contribution in [3.63, 3.8) is 0 Å². The lowest BCUT2D eigenvalue weighted by atomic mass is 10.1. The predicted octanol–water partition coefficient (Wildman–Crippen LogP) is 2.63. The van der Waals surface area contributed by atoms with E-state index in [2.05, 4.69) is 47.6 Å². The van der Waals surface area contributed by atoms with Crippen molar-refractivity contribution in [2.45, 2.75) is 44.8 Å². The number of halogens is 1. The molecule has 0 spiro atoms. The molecule has 0 bridgehead atoms. The highest BCUT2D eigenvalue weighted by Gasteiger charge is 2.25. The number of hydrogen-bond acceptors (Lipinski definition) is 3. The van der Waals surface area contributed by atoms with E-state index >= 15 is 0 Å². The molecule has 0 amide bonds. The monoisotopic (exact) mass is 349 g/mol. The van der Waals surface area contributed by atoms with Crippen LogP contribution in [-0.2, 0) is 19.5 Å². The molecule has 5 nitrogen and oxygen atoms in total. The molecule has 112 valence electrons. The summed E-state index contributed by atoms with van der Waals surface area (Å²) >= 11 is 3.47. The van der Waals surface area contributed by atoms with E-state index in [1.807, 2.05) is 6.20 Å². The maximum atomic E-state index is 4.76. The molecule has 1 saturated heterocycles. The van der Waals surface area contributed by atoms with Crippen molar-refractivity contribution >= 4 is 15.9 Å². The summed E-state index contributed by atoms with van der Waals surface area (Å²) in [5, 5.41) is 9.18. The molecular weight excluding hydrogens is 330 g/mol. The van der Waals surface area contributed by atoms with Gasteiger partial charge in [0.2, 0.25) is 0 Å². The highest BCUT2D eigenvalue weighted by molar-refractivity contribution is 9.10. The van der Waals surface area contributed by atoms with Gasteiger partial charge in [0.1, 0.15) is 0 Å². The molecule has 1 unspecified atom stereocenters. The quantitative estimate of drug-likeness (QED) is 0.854. The molecule has 2 aromatic heterocycles. The second-order valence-corrected chi connectivity index (χ2v) is 7.04. The molecule has 2 aliphatic heterocycles. The van der Waals surface area contributed by atoms with E-state index in [1.165, 1.54) is 37.1 Å². The Morgan fingerprint density at radius 3 is 3.05 bits per heavy atom. The van der Waals surface area contributed by atoms with Crippen molar-refractivity contribution < 1.29 is 0 Å². The van der Waals surface area contributed by atoms with E-state index in [-0.39, 0.29) is 0 Å². The minimum absolute atomic E-state index is 0.494. The number of nitrogens with zero attached hydrogens (tertiary/aromatic N) is 5. The Morgan fingerprint density at radius 2 is 2.24 bits per heavy atom. The lowest BCUT2D eigenvalue weighted by Gasteiger charge is -2.14. The molecule has 0 saturated carbocycles. The lowest BCUT2D eigenvalue weighted by Crippen LogP contribution is -2.21. The van der Waals surface area contributed by atoms with Crippen LogP contribution in [0, 0.1) is 0 Å². The number of likely N-dealkylation sites (tertiary alicyclic amines) is 1. The second-order valence-electron chi connectivity index (χ2n) is 6.12. The first-order chi connectivity index (χ1) is 10.3. The first-order valence-corrected chi connectivity index (χ1v) is 8.55. The van der Waals surface area contributed by atoms with Crippen LogP contribution in [0.1, 0.15) is 36.7 Å². The molecule has 4 heterocycles. The summed E-state index contributed by atoms with van der Waals surface area (Å²) in [6.45, 7) is 4.26. The third-order valence-corrected chi connectivity index (χ3v) is 4.95. The van der Waals surface area contributed by atoms with Crippen molar-refractivity contribution in [1.82, 2.24) is 24.5 Å². The van der Waals surface area contributed by atoms with Gasteiger partial charge >= 0.3 is 0 Å². The Kier molecular flexibility index (Phi) is 3.59. The van der Waals surface area contributed by atoms with Gasteiger partial charge < -0.3 is 0 Å². The third kappa shape index (κ3) is 2.79. The highest BCUT2D eigenvalue weighted by Crippen LogP contribution is 2.24. The van der Waals surface area contributed by atoms with Gasteiger partial charge in [0.25, 0.3) is 0 Å². The fraction of sp³-hybridized carbons (Fsp3) is 0.600. The average molecular weight is 350 g/mol. The van der Waals surface area contributed by atoms with Gasteiger partial charge in [0, 0.05) is 38.1 Å². The maximum Gasteiger partial charge on any atom is 0.0767 e. The van der Waals surface area contributed by atoms with E-state index in [0.29, 0.717) is 6.04 Å². The summed E-state index contributed by atoms with van der Waals surface area (Å²) in [5.41, 5.74) is 2.65. The van der Waals surface area contributed by atoms with Crippen molar-refractivity contribution in [3.05, 3.63) is 34.3 Å². The first-order valence-electron chi connectivity index (χ1n) is 7.75. The SMILES string of the molecule is Brc1cnn(C2CCN(Cc3cc4n(n3)CCCC4)C2)c1. The van der Waals surface area contributed by atoms with Gasteiger partial charge in [-0.25, -0.2) is 0 Å². The van der Waals surface area contributed by atoms with Crippen molar-refractivity contribution in [2.75, 3.05) is 13.1 Å². The summed E-state index contributed by atoms with van der Waals surface area (Å²) in [6, 6.07) is 2.80.